The molecule has 0 aliphatic heterocycles. The minimum Gasteiger partial charge on any atom is -0.493 e. The van der Waals surface area contributed by atoms with E-state index in [1.165, 1.54) is 6.07 Å². The predicted octanol–water partition coefficient (Wildman–Crippen LogP) is 3.06. The number of hydrogen-bond donors (Lipinski definition) is 0. The third kappa shape index (κ3) is 3.45. The maximum atomic E-state index is 11.3. The number of nitro benzene ring substituents is 1. The number of rotatable bonds is 7. The Bertz CT molecular complexity index is 761. The van der Waals surface area contributed by atoms with Crippen LogP contribution in [-0.4, -0.2) is 32.5 Å². The summed E-state index contributed by atoms with van der Waals surface area (Å²) in [6.45, 7) is 0.377. The molecule has 0 unspecified atom stereocenters. The SMILES string of the molecule is COc1cccc(CN(C)c2ccc(C=O)cc2[N+](=O)[O-])c1OC. The van der Waals surface area contributed by atoms with Crippen LogP contribution in [0.1, 0.15) is 15.9 Å². The molecule has 0 aliphatic rings. The number of nitrogens with zero attached hydrogens (tertiary/aromatic N) is 2. The Morgan fingerprint density at radius 3 is 2.54 bits per heavy atom. The topological polar surface area (TPSA) is 81.9 Å². The Kier molecular flexibility index (Phi) is 5.36. The average Bonchev–Trinajstić information content (AvgIpc) is 2.60. The first-order valence-electron chi connectivity index (χ1n) is 7.16. The second-order valence-corrected chi connectivity index (χ2v) is 5.13. The summed E-state index contributed by atoms with van der Waals surface area (Å²) in [5.41, 5.74) is 1.38. The van der Waals surface area contributed by atoms with Crippen molar-refractivity contribution in [3.63, 3.8) is 0 Å². The predicted molar refractivity (Wildman–Crippen MR) is 90.1 cm³/mol. The van der Waals surface area contributed by atoms with Crippen molar-refractivity contribution in [2.24, 2.45) is 0 Å². The minimum absolute atomic E-state index is 0.121. The molecular formula is C17H18N2O5. The largest absolute Gasteiger partial charge is 0.493 e. The summed E-state index contributed by atoms with van der Waals surface area (Å²) in [6, 6.07) is 9.85. The number of benzene rings is 2. The van der Waals surface area contributed by atoms with Crippen molar-refractivity contribution in [1.82, 2.24) is 0 Å². The van der Waals surface area contributed by atoms with Gasteiger partial charge in [-0.2, -0.15) is 0 Å². The maximum Gasteiger partial charge on any atom is 0.293 e. The van der Waals surface area contributed by atoms with Crippen molar-refractivity contribution < 1.29 is 19.2 Å². The number of nitro groups is 1. The fourth-order valence-electron chi connectivity index (χ4n) is 2.50. The molecule has 0 radical (unpaired) electrons. The average molecular weight is 330 g/mol. The summed E-state index contributed by atoms with van der Waals surface area (Å²) in [5, 5.41) is 11.3. The van der Waals surface area contributed by atoms with E-state index >= 15 is 0 Å². The van der Waals surface area contributed by atoms with Crippen LogP contribution in [0.3, 0.4) is 0 Å². The number of aldehydes is 1. The standard InChI is InChI=1S/C17H18N2O5/c1-18(10-13-5-4-6-16(23-2)17(13)24-3)14-8-7-12(11-20)9-15(14)19(21)22/h4-9,11H,10H2,1-3H3. The summed E-state index contributed by atoms with van der Waals surface area (Å²) in [4.78, 5) is 23.4. The Morgan fingerprint density at radius 2 is 1.96 bits per heavy atom. The molecule has 0 saturated heterocycles. The smallest absolute Gasteiger partial charge is 0.293 e. The van der Waals surface area contributed by atoms with Gasteiger partial charge in [0.05, 0.1) is 19.1 Å². The van der Waals surface area contributed by atoms with Crippen LogP contribution < -0.4 is 14.4 Å². The summed E-state index contributed by atoms with van der Waals surface area (Å²) in [6.07, 6.45) is 0.585. The van der Waals surface area contributed by atoms with Crippen LogP contribution in [0.25, 0.3) is 0 Å². The molecule has 0 atom stereocenters. The minimum atomic E-state index is -0.498. The highest BCUT2D eigenvalue weighted by atomic mass is 16.6. The van der Waals surface area contributed by atoms with Gasteiger partial charge in [0.25, 0.3) is 5.69 Å². The Balaban J connectivity index is 2.39. The Labute approximate surface area is 139 Å². The number of para-hydroxylation sites is 1. The van der Waals surface area contributed by atoms with Crippen molar-refractivity contribution in [2.45, 2.75) is 6.54 Å². The van der Waals surface area contributed by atoms with Crippen LogP contribution in [0, 0.1) is 10.1 Å². The molecule has 7 nitrogen and oxygen atoms in total. The highest BCUT2D eigenvalue weighted by Crippen LogP contribution is 2.34. The number of carbonyl (C=O) groups is 1. The molecule has 2 rings (SSSR count). The number of anilines is 1. The first kappa shape index (κ1) is 17.3. The van der Waals surface area contributed by atoms with E-state index in [9.17, 15) is 14.9 Å². The number of ether oxygens (including phenoxy) is 2. The molecule has 0 amide bonds. The van der Waals surface area contributed by atoms with Crippen molar-refractivity contribution in [3.05, 3.63) is 57.6 Å². The van der Waals surface area contributed by atoms with Gasteiger partial charge in [0.2, 0.25) is 0 Å². The van der Waals surface area contributed by atoms with Gasteiger partial charge in [-0.1, -0.05) is 12.1 Å². The third-order valence-corrected chi connectivity index (χ3v) is 3.64. The van der Waals surface area contributed by atoms with Crippen LogP contribution in [0.5, 0.6) is 11.5 Å². The zero-order valence-electron chi connectivity index (χ0n) is 13.7. The molecule has 0 aliphatic carbocycles. The normalized spacial score (nSPS) is 10.1. The van der Waals surface area contributed by atoms with Crippen molar-refractivity contribution in [2.75, 3.05) is 26.2 Å². The van der Waals surface area contributed by atoms with Gasteiger partial charge >= 0.3 is 0 Å². The molecule has 2 aromatic carbocycles. The highest BCUT2D eigenvalue weighted by molar-refractivity contribution is 5.79. The van der Waals surface area contributed by atoms with Gasteiger partial charge in [-0.3, -0.25) is 14.9 Å². The van der Waals surface area contributed by atoms with Gasteiger partial charge in [-0.15, -0.1) is 0 Å². The fraction of sp³-hybridized carbons (Fsp3) is 0.235. The molecule has 126 valence electrons. The first-order valence-corrected chi connectivity index (χ1v) is 7.16. The molecular weight excluding hydrogens is 312 g/mol. The molecule has 0 saturated carbocycles. The van der Waals surface area contributed by atoms with E-state index in [1.807, 2.05) is 12.1 Å². The summed E-state index contributed by atoms with van der Waals surface area (Å²) in [7, 11) is 4.83. The maximum absolute atomic E-state index is 11.3. The molecule has 0 bridgehead atoms. The van der Waals surface area contributed by atoms with Crippen molar-refractivity contribution >= 4 is 17.7 Å². The van der Waals surface area contributed by atoms with Gasteiger partial charge in [-0.05, 0) is 18.2 Å². The van der Waals surface area contributed by atoms with Crippen LogP contribution in [0.2, 0.25) is 0 Å². The van der Waals surface area contributed by atoms with Crippen molar-refractivity contribution in [3.8, 4) is 11.5 Å². The van der Waals surface area contributed by atoms with Crippen LogP contribution in [0.15, 0.2) is 36.4 Å². The molecule has 0 spiro atoms. The van der Waals surface area contributed by atoms with Gasteiger partial charge in [0, 0.05) is 30.8 Å². The van der Waals surface area contributed by atoms with E-state index in [2.05, 4.69) is 0 Å². The van der Waals surface area contributed by atoms with E-state index in [1.54, 1.807) is 44.4 Å². The number of methoxy groups -OCH3 is 2. The first-order chi connectivity index (χ1) is 11.5. The number of hydrogen-bond acceptors (Lipinski definition) is 6. The van der Waals surface area contributed by atoms with Gasteiger partial charge < -0.3 is 14.4 Å². The third-order valence-electron chi connectivity index (χ3n) is 3.64. The molecule has 7 heteroatoms. The lowest BCUT2D eigenvalue weighted by molar-refractivity contribution is -0.384. The van der Waals surface area contributed by atoms with Gasteiger partial charge in [0.1, 0.15) is 12.0 Å². The lowest BCUT2D eigenvalue weighted by Crippen LogP contribution is -2.18. The van der Waals surface area contributed by atoms with E-state index in [0.29, 0.717) is 30.0 Å². The van der Waals surface area contributed by atoms with E-state index in [-0.39, 0.29) is 11.3 Å². The lowest BCUT2D eigenvalue weighted by Gasteiger charge is -2.21. The second kappa shape index (κ2) is 7.45. The Hall–Kier alpha value is -3.09. The number of carbonyl (C=O) groups excluding carboxylic acids is 1. The quantitative estimate of drug-likeness (QED) is 0.441. The molecule has 24 heavy (non-hydrogen) atoms. The van der Waals surface area contributed by atoms with E-state index in [0.717, 1.165) is 5.56 Å². The zero-order valence-corrected chi connectivity index (χ0v) is 13.7. The monoisotopic (exact) mass is 330 g/mol. The second-order valence-electron chi connectivity index (χ2n) is 5.13. The van der Waals surface area contributed by atoms with Crippen LogP contribution in [-0.2, 0) is 6.54 Å². The molecule has 2 aromatic rings. The molecule has 0 aromatic heterocycles. The van der Waals surface area contributed by atoms with Gasteiger partial charge in [-0.25, -0.2) is 0 Å². The molecule has 0 heterocycles. The van der Waals surface area contributed by atoms with E-state index < -0.39 is 4.92 Å². The van der Waals surface area contributed by atoms with Crippen LogP contribution >= 0.6 is 0 Å². The van der Waals surface area contributed by atoms with Crippen LogP contribution in [0.4, 0.5) is 11.4 Å². The van der Waals surface area contributed by atoms with E-state index in [4.69, 9.17) is 9.47 Å². The fourth-order valence-corrected chi connectivity index (χ4v) is 2.50. The summed E-state index contributed by atoms with van der Waals surface area (Å²) in [5.74, 6) is 1.17. The van der Waals surface area contributed by atoms with Crippen molar-refractivity contribution in [1.29, 1.82) is 0 Å². The summed E-state index contributed by atoms with van der Waals surface area (Å²) >= 11 is 0. The molecule has 0 N–H and O–H groups in total. The highest BCUT2D eigenvalue weighted by Gasteiger charge is 2.19. The van der Waals surface area contributed by atoms with Gasteiger partial charge in [0.15, 0.2) is 11.5 Å². The summed E-state index contributed by atoms with van der Waals surface area (Å²) < 4.78 is 10.7. The molecule has 0 fully saturated rings. The Morgan fingerprint density at radius 1 is 1.21 bits per heavy atom. The zero-order chi connectivity index (χ0) is 17.7. The lowest BCUT2D eigenvalue weighted by atomic mass is 10.1.